The van der Waals surface area contributed by atoms with Crippen molar-refractivity contribution in [3.63, 3.8) is 0 Å². The largest absolute Gasteiger partial charge is 0.466 e. The molecule has 30 heavy (non-hydrogen) atoms. The highest BCUT2D eigenvalue weighted by Crippen LogP contribution is 2.31. The molecule has 0 aliphatic carbocycles. The first-order chi connectivity index (χ1) is 14.5. The molecule has 1 aromatic carbocycles. The van der Waals surface area contributed by atoms with Gasteiger partial charge in [-0.2, -0.15) is 0 Å². The number of piperidine rings is 1. The zero-order valence-electron chi connectivity index (χ0n) is 17.2. The molecule has 4 rings (SSSR count). The summed E-state index contributed by atoms with van der Waals surface area (Å²) in [6.07, 6.45) is 1.32. The van der Waals surface area contributed by atoms with Gasteiger partial charge in [0.05, 0.1) is 22.7 Å². The van der Waals surface area contributed by atoms with Gasteiger partial charge in [0.15, 0.2) is 0 Å². The molecule has 5 nitrogen and oxygen atoms in total. The Labute approximate surface area is 188 Å². The average molecular weight is 489 g/mol. The number of aromatic nitrogens is 1. The molecule has 0 atom stereocenters. The Morgan fingerprint density at radius 2 is 1.87 bits per heavy atom. The number of halogens is 1. The van der Waals surface area contributed by atoms with Gasteiger partial charge >= 0.3 is 5.97 Å². The average Bonchev–Trinajstić information content (AvgIpc) is 3.26. The van der Waals surface area contributed by atoms with Gasteiger partial charge in [0.2, 0.25) is 0 Å². The quantitative estimate of drug-likeness (QED) is 0.461. The van der Waals surface area contributed by atoms with Crippen LogP contribution in [0.25, 0.3) is 10.2 Å². The normalized spacial score (nSPS) is 15.0. The number of nitrogens with zero attached hydrogens (tertiary/aromatic N) is 2. The summed E-state index contributed by atoms with van der Waals surface area (Å²) in [4.78, 5) is 28.5. The lowest BCUT2D eigenvalue weighted by atomic mass is 9.97. The van der Waals surface area contributed by atoms with Crippen LogP contribution in [-0.4, -0.2) is 41.0 Å². The summed E-state index contributed by atoms with van der Waals surface area (Å²) in [7, 11) is 0. The maximum atomic E-state index is 13.4. The first kappa shape index (κ1) is 21.1. The topological polar surface area (TPSA) is 51.5 Å². The Balaban J connectivity index is 1.57. The van der Waals surface area contributed by atoms with Crippen LogP contribution in [0.5, 0.6) is 0 Å². The minimum absolute atomic E-state index is 0.0375. The number of aryl methyl sites for hydroxylation is 1. The van der Waals surface area contributed by atoms with Crippen molar-refractivity contribution in [1.82, 2.24) is 9.47 Å². The molecule has 0 spiro atoms. The van der Waals surface area contributed by atoms with Gasteiger partial charge in [0.1, 0.15) is 5.69 Å². The highest BCUT2D eigenvalue weighted by molar-refractivity contribution is 9.10. The number of hydrogen-bond acceptors (Lipinski definition) is 4. The summed E-state index contributed by atoms with van der Waals surface area (Å²) < 4.78 is 9.45. The van der Waals surface area contributed by atoms with E-state index in [4.69, 9.17) is 4.74 Å². The number of carbonyl (C=O) groups is 2. The van der Waals surface area contributed by atoms with Gasteiger partial charge in [0.25, 0.3) is 5.91 Å². The number of fused-ring (bicyclic) bond motifs is 1. The van der Waals surface area contributed by atoms with Crippen molar-refractivity contribution in [2.75, 3.05) is 19.7 Å². The second-order valence-electron chi connectivity index (χ2n) is 7.67. The van der Waals surface area contributed by atoms with Crippen molar-refractivity contribution in [2.24, 2.45) is 5.92 Å². The summed E-state index contributed by atoms with van der Waals surface area (Å²) in [6, 6.07) is 12.4. The van der Waals surface area contributed by atoms with Crippen LogP contribution in [-0.2, 0) is 16.1 Å². The van der Waals surface area contributed by atoms with Crippen LogP contribution >= 0.6 is 27.3 Å². The van der Waals surface area contributed by atoms with E-state index < -0.39 is 0 Å². The van der Waals surface area contributed by atoms with E-state index in [2.05, 4.69) is 45.6 Å². The van der Waals surface area contributed by atoms with E-state index in [1.165, 1.54) is 4.88 Å². The van der Waals surface area contributed by atoms with E-state index in [0.717, 1.165) is 20.3 Å². The molecule has 158 valence electrons. The second-order valence-corrected chi connectivity index (χ2v) is 9.87. The number of carbonyl (C=O) groups excluding carboxylic acids is 2. The van der Waals surface area contributed by atoms with Crippen LogP contribution in [0.4, 0.5) is 0 Å². The van der Waals surface area contributed by atoms with Crippen molar-refractivity contribution in [1.29, 1.82) is 0 Å². The number of hydrogen-bond donors (Lipinski definition) is 0. The van der Waals surface area contributed by atoms with Gasteiger partial charge in [-0.15, -0.1) is 11.3 Å². The second kappa shape index (κ2) is 8.94. The summed E-state index contributed by atoms with van der Waals surface area (Å²) in [5.74, 6) is -0.204. The maximum absolute atomic E-state index is 13.4. The molecule has 3 aromatic rings. The molecule has 0 N–H and O–H groups in total. The van der Waals surface area contributed by atoms with Gasteiger partial charge < -0.3 is 14.2 Å². The smallest absolute Gasteiger partial charge is 0.309 e. The Morgan fingerprint density at radius 1 is 1.17 bits per heavy atom. The third-order valence-corrected chi connectivity index (χ3v) is 7.10. The third-order valence-electron chi connectivity index (χ3n) is 5.59. The maximum Gasteiger partial charge on any atom is 0.309 e. The van der Waals surface area contributed by atoms with E-state index in [-0.39, 0.29) is 17.8 Å². The van der Waals surface area contributed by atoms with E-state index in [1.807, 2.05) is 30.0 Å². The lowest BCUT2D eigenvalue weighted by Crippen LogP contribution is -2.41. The van der Waals surface area contributed by atoms with Gasteiger partial charge in [0, 0.05) is 29.0 Å². The molecule has 3 heterocycles. The molecule has 1 amide bonds. The van der Waals surface area contributed by atoms with Crippen molar-refractivity contribution >= 4 is 49.4 Å². The van der Waals surface area contributed by atoms with Crippen molar-refractivity contribution in [2.45, 2.75) is 33.2 Å². The highest BCUT2D eigenvalue weighted by Gasteiger charge is 2.30. The number of ether oxygens (including phenoxy) is 1. The first-order valence-corrected chi connectivity index (χ1v) is 11.9. The van der Waals surface area contributed by atoms with E-state index in [1.54, 1.807) is 11.3 Å². The lowest BCUT2D eigenvalue weighted by Gasteiger charge is -2.31. The van der Waals surface area contributed by atoms with Crippen LogP contribution in [0.15, 0.2) is 40.9 Å². The minimum atomic E-state index is -0.140. The predicted molar refractivity (Wildman–Crippen MR) is 123 cm³/mol. The van der Waals surface area contributed by atoms with Crippen molar-refractivity contribution in [3.8, 4) is 0 Å². The van der Waals surface area contributed by atoms with E-state index >= 15 is 0 Å². The first-order valence-electron chi connectivity index (χ1n) is 10.3. The monoisotopic (exact) mass is 488 g/mol. The van der Waals surface area contributed by atoms with Gasteiger partial charge in [-0.1, -0.05) is 28.1 Å². The van der Waals surface area contributed by atoms with Crippen LogP contribution in [0.3, 0.4) is 0 Å². The fourth-order valence-corrected chi connectivity index (χ4v) is 5.25. The fraction of sp³-hybridized carbons (Fsp3) is 0.391. The van der Waals surface area contributed by atoms with E-state index in [9.17, 15) is 9.59 Å². The van der Waals surface area contributed by atoms with Gasteiger partial charge in [-0.05, 0) is 56.5 Å². The Hall–Kier alpha value is -2.12. The summed E-state index contributed by atoms with van der Waals surface area (Å²) >= 11 is 5.20. The number of rotatable bonds is 5. The molecule has 1 aliphatic heterocycles. The summed E-state index contributed by atoms with van der Waals surface area (Å²) in [6.45, 7) is 6.13. The number of thiophene rings is 1. The van der Waals surface area contributed by atoms with Crippen molar-refractivity contribution in [3.05, 3.63) is 57.0 Å². The molecular formula is C23H25BrN2O3S. The molecule has 7 heteroatoms. The van der Waals surface area contributed by atoms with Gasteiger partial charge in [-0.25, -0.2) is 0 Å². The SMILES string of the molecule is CCOC(=O)C1CCN(C(=O)c2cc3sc(C)cc3n2Cc2ccc(Br)cc2)CC1. The molecule has 0 unspecified atom stereocenters. The van der Waals surface area contributed by atoms with Crippen LogP contribution in [0, 0.1) is 12.8 Å². The molecule has 2 aromatic heterocycles. The molecule has 1 saturated heterocycles. The van der Waals surface area contributed by atoms with Crippen LogP contribution in [0.1, 0.15) is 40.7 Å². The Bertz CT molecular complexity index is 1060. The molecule has 0 saturated carbocycles. The zero-order chi connectivity index (χ0) is 21.3. The summed E-state index contributed by atoms with van der Waals surface area (Å²) in [5.41, 5.74) is 2.97. The van der Waals surface area contributed by atoms with Crippen LogP contribution < -0.4 is 0 Å². The molecule has 1 fully saturated rings. The fourth-order valence-electron chi connectivity index (χ4n) is 4.03. The summed E-state index contributed by atoms with van der Waals surface area (Å²) in [5, 5.41) is 0. The number of likely N-dealkylation sites (tertiary alicyclic amines) is 1. The molecule has 0 radical (unpaired) electrons. The molecular weight excluding hydrogens is 464 g/mol. The third kappa shape index (κ3) is 4.32. The predicted octanol–water partition coefficient (Wildman–Crippen LogP) is 5.24. The number of esters is 1. The number of benzene rings is 1. The van der Waals surface area contributed by atoms with E-state index in [0.29, 0.717) is 44.8 Å². The highest BCUT2D eigenvalue weighted by atomic mass is 79.9. The molecule has 1 aliphatic rings. The Kier molecular flexibility index (Phi) is 6.29. The standard InChI is InChI=1S/C23H25BrN2O3S/c1-3-29-23(28)17-8-10-25(11-9-17)22(27)20-13-21-19(12-15(2)30-21)26(20)14-16-4-6-18(24)7-5-16/h4-7,12-13,17H,3,8-11,14H2,1-2H3. The Morgan fingerprint density at radius 3 is 2.53 bits per heavy atom. The minimum Gasteiger partial charge on any atom is -0.466 e. The lowest BCUT2D eigenvalue weighted by molar-refractivity contribution is -0.149. The van der Waals surface area contributed by atoms with Gasteiger partial charge in [-0.3, -0.25) is 9.59 Å². The number of amides is 1. The zero-order valence-corrected chi connectivity index (χ0v) is 19.6. The van der Waals surface area contributed by atoms with Crippen molar-refractivity contribution < 1.29 is 14.3 Å². The van der Waals surface area contributed by atoms with Crippen LogP contribution in [0.2, 0.25) is 0 Å². The molecule has 0 bridgehead atoms.